The van der Waals surface area contributed by atoms with E-state index in [1.165, 1.54) is 37.9 Å². The van der Waals surface area contributed by atoms with Gasteiger partial charge >= 0.3 is 0 Å². The lowest BCUT2D eigenvalue weighted by atomic mass is 10.1. The molecule has 0 aromatic carbocycles. The number of carbonyl (C=O) groups excluding carboxylic acids is 1. The Bertz CT molecular complexity index is 587. The van der Waals surface area contributed by atoms with Crippen molar-refractivity contribution in [3.8, 4) is 0 Å². The van der Waals surface area contributed by atoms with Crippen molar-refractivity contribution in [2.45, 2.75) is 36.6 Å². The largest absolute Gasteiger partial charge is 0.356 e. The van der Waals surface area contributed by atoms with Crippen molar-refractivity contribution in [1.82, 2.24) is 10.3 Å². The fourth-order valence-electron chi connectivity index (χ4n) is 2.43. The first-order valence-corrected chi connectivity index (χ1v) is 8.02. The summed E-state index contributed by atoms with van der Waals surface area (Å²) < 4.78 is 22.3. The summed E-state index contributed by atoms with van der Waals surface area (Å²) in [6.07, 6.45) is 5.94. The molecule has 19 heavy (non-hydrogen) atoms. The fraction of sp³-hybridized carbons (Fsp3) is 0.583. The summed E-state index contributed by atoms with van der Waals surface area (Å²) in [5, 5.41) is 8.02. The lowest BCUT2D eigenvalue weighted by Crippen LogP contribution is -2.38. The number of sulfonamides is 1. The zero-order chi connectivity index (χ0) is 13.6. The first kappa shape index (κ1) is 12.7. The molecule has 3 rings (SSSR count). The first-order valence-electron chi connectivity index (χ1n) is 6.47. The van der Waals surface area contributed by atoms with E-state index in [0.717, 1.165) is 0 Å². The molecule has 0 unspecified atom stereocenters. The minimum Gasteiger partial charge on any atom is -0.356 e. The molecule has 2 fully saturated rings. The summed E-state index contributed by atoms with van der Waals surface area (Å²) in [7, 11) is -3.76. The summed E-state index contributed by atoms with van der Waals surface area (Å²) in [6, 6.07) is 1.52. The van der Waals surface area contributed by atoms with Crippen LogP contribution >= 0.6 is 0 Å². The van der Waals surface area contributed by atoms with E-state index in [1.807, 2.05) is 0 Å². The number of rotatable bonds is 5. The van der Waals surface area contributed by atoms with Gasteiger partial charge in [-0.05, 0) is 43.6 Å². The van der Waals surface area contributed by atoms with Crippen LogP contribution in [0.5, 0.6) is 0 Å². The molecule has 1 aromatic rings. The minimum absolute atomic E-state index is 0.0629. The number of H-pyrrole nitrogens is 1. The van der Waals surface area contributed by atoms with Crippen LogP contribution in [-0.2, 0) is 10.0 Å². The molecular formula is C12H17N3O3S. The normalized spacial score (nSPS) is 19.7. The topological polar surface area (TPSA) is 105 Å². The second-order valence-electron chi connectivity index (χ2n) is 5.47. The van der Waals surface area contributed by atoms with Crippen molar-refractivity contribution in [3.63, 3.8) is 0 Å². The van der Waals surface area contributed by atoms with E-state index in [0.29, 0.717) is 11.8 Å². The molecule has 1 aromatic heterocycles. The van der Waals surface area contributed by atoms with Gasteiger partial charge in [-0.2, -0.15) is 0 Å². The van der Waals surface area contributed by atoms with Crippen LogP contribution in [0, 0.1) is 11.8 Å². The van der Waals surface area contributed by atoms with Crippen LogP contribution < -0.4 is 10.5 Å². The quantitative estimate of drug-likeness (QED) is 0.736. The standard InChI is InChI=1S/C12H17N3O3S/c13-19(17,18)9-5-10(14-6-9)12(16)15-11(7-1-2-7)8-3-4-8/h5-8,11,14H,1-4H2,(H,15,16)(H2,13,17,18). The van der Waals surface area contributed by atoms with E-state index in [1.54, 1.807) is 0 Å². The Hall–Kier alpha value is -1.34. The second kappa shape index (κ2) is 4.35. The van der Waals surface area contributed by atoms with Gasteiger partial charge < -0.3 is 10.3 Å². The van der Waals surface area contributed by atoms with Gasteiger partial charge in [0.25, 0.3) is 5.91 Å². The monoisotopic (exact) mass is 283 g/mol. The molecule has 2 aliphatic rings. The minimum atomic E-state index is -3.76. The molecule has 7 heteroatoms. The summed E-state index contributed by atoms with van der Waals surface area (Å²) >= 11 is 0. The molecular weight excluding hydrogens is 266 g/mol. The van der Waals surface area contributed by atoms with E-state index < -0.39 is 10.0 Å². The second-order valence-corrected chi connectivity index (χ2v) is 7.03. The van der Waals surface area contributed by atoms with Crippen molar-refractivity contribution in [2.75, 3.05) is 0 Å². The summed E-state index contributed by atoms with van der Waals surface area (Å²) in [6.45, 7) is 0. The Kier molecular flexibility index (Phi) is 2.90. The third kappa shape index (κ3) is 2.82. The van der Waals surface area contributed by atoms with Gasteiger partial charge in [-0.25, -0.2) is 13.6 Å². The molecule has 6 nitrogen and oxygen atoms in total. The van der Waals surface area contributed by atoms with E-state index in [4.69, 9.17) is 5.14 Å². The number of amides is 1. The number of hydrogen-bond acceptors (Lipinski definition) is 3. The van der Waals surface area contributed by atoms with Gasteiger partial charge in [0.1, 0.15) is 5.69 Å². The molecule has 0 radical (unpaired) electrons. The van der Waals surface area contributed by atoms with Gasteiger partial charge in [0, 0.05) is 12.2 Å². The van der Waals surface area contributed by atoms with Crippen molar-refractivity contribution < 1.29 is 13.2 Å². The zero-order valence-corrected chi connectivity index (χ0v) is 11.2. The maximum Gasteiger partial charge on any atom is 0.267 e. The molecule has 2 saturated carbocycles. The van der Waals surface area contributed by atoms with Gasteiger partial charge in [0.05, 0.1) is 4.90 Å². The highest BCUT2D eigenvalue weighted by molar-refractivity contribution is 7.89. The molecule has 1 amide bonds. The average molecular weight is 283 g/mol. The van der Waals surface area contributed by atoms with E-state index >= 15 is 0 Å². The zero-order valence-electron chi connectivity index (χ0n) is 10.4. The van der Waals surface area contributed by atoms with Crippen molar-refractivity contribution >= 4 is 15.9 Å². The van der Waals surface area contributed by atoms with Gasteiger partial charge in [0.2, 0.25) is 10.0 Å². The highest BCUT2D eigenvalue weighted by Gasteiger charge is 2.42. The number of hydrogen-bond donors (Lipinski definition) is 3. The van der Waals surface area contributed by atoms with Crippen molar-refractivity contribution in [2.24, 2.45) is 17.0 Å². The van der Waals surface area contributed by atoms with Crippen LogP contribution in [0.25, 0.3) is 0 Å². The average Bonchev–Trinajstić information content (AvgIpc) is 3.23. The van der Waals surface area contributed by atoms with Crippen molar-refractivity contribution in [3.05, 3.63) is 18.0 Å². The highest BCUT2D eigenvalue weighted by Crippen LogP contribution is 2.44. The molecule has 104 valence electrons. The Morgan fingerprint density at radius 2 is 1.89 bits per heavy atom. The number of carbonyl (C=O) groups is 1. The molecule has 4 N–H and O–H groups in total. The smallest absolute Gasteiger partial charge is 0.267 e. The molecule has 0 bridgehead atoms. The molecule has 0 saturated heterocycles. The Labute approximate surface area is 111 Å². The number of nitrogens with two attached hydrogens (primary N) is 1. The number of primary sulfonamides is 1. The predicted molar refractivity (Wildman–Crippen MR) is 68.9 cm³/mol. The van der Waals surface area contributed by atoms with Crippen LogP contribution in [0.2, 0.25) is 0 Å². The van der Waals surface area contributed by atoms with Gasteiger partial charge in [-0.3, -0.25) is 4.79 Å². The van der Waals surface area contributed by atoms with Gasteiger partial charge in [0.15, 0.2) is 0 Å². The molecule has 0 aliphatic heterocycles. The van der Waals surface area contributed by atoms with Crippen LogP contribution in [0.15, 0.2) is 17.2 Å². The lowest BCUT2D eigenvalue weighted by molar-refractivity contribution is 0.0922. The molecule has 2 aliphatic carbocycles. The van der Waals surface area contributed by atoms with Crippen LogP contribution in [-0.4, -0.2) is 25.4 Å². The van der Waals surface area contributed by atoms with Crippen LogP contribution in [0.3, 0.4) is 0 Å². The molecule has 0 atom stereocenters. The van der Waals surface area contributed by atoms with E-state index in [2.05, 4.69) is 10.3 Å². The molecule has 0 spiro atoms. The highest BCUT2D eigenvalue weighted by atomic mass is 32.2. The molecule has 1 heterocycles. The summed E-state index contributed by atoms with van der Waals surface area (Å²) in [5.74, 6) is 0.951. The third-order valence-electron chi connectivity index (χ3n) is 3.79. The Morgan fingerprint density at radius 1 is 1.32 bits per heavy atom. The number of aromatic nitrogens is 1. The Balaban J connectivity index is 1.71. The number of aromatic amines is 1. The van der Waals surface area contributed by atoms with Gasteiger partial charge in [-0.15, -0.1) is 0 Å². The first-order chi connectivity index (χ1) is 8.95. The van der Waals surface area contributed by atoms with Crippen LogP contribution in [0.4, 0.5) is 0 Å². The maximum atomic E-state index is 12.1. The lowest BCUT2D eigenvalue weighted by Gasteiger charge is -2.16. The third-order valence-corrected chi connectivity index (χ3v) is 4.68. The fourth-order valence-corrected chi connectivity index (χ4v) is 2.94. The van der Waals surface area contributed by atoms with E-state index in [9.17, 15) is 13.2 Å². The Morgan fingerprint density at radius 3 is 2.32 bits per heavy atom. The van der Waals surface area contributed by atoms with E-state index in [-0.39, 0.29) is 22.5 Å². The van der Waals surface area contributed by atoms with Gasteiger partial charge in [-0.1, -0.05) is 0 Å². The predicted octanol–water partition coefficient (Wildman–Crippen LogP) is 0.580. The van der Waals surface area contributed by atoms with Crippen molar-refractivity contribution in [1.29, 1.82) is 0 Å². The summed E-state index contributed by atoms with van der Waals surface area (Å²) in [5.41, 5.74) is 0.246. The summed E-state index contributed by atoms with van der Waals surface area (Å²) in [4.78, 5) is 14.7. The maximum absolute atomic E-state index is 12.1. The SMILES string of the molecule is NS(=O)(=O)c1c[nH]c(C(=O)NC(C2CC2)C2CC2)c1. The van der Waals surface area contributed by atoms with Crippen LogP contribution in [0.1, 0.15) is 36.2 Å². The number of nitrogens with one attached hydrogen (secondary N) is 2.